The van der Waals surface area contributed by atoms with Crippen molar-refractivity contribution in [1.82, 2.24) is 15.1 Å². The van der Waals surface area contributed by atoms with Gasteiger partial charge in [0.05, 0.1) is 12.6 Å². The van der Waals surface area contributed by atoms with Gasteiger partial charge in [0.1, 0.15) is 0 Å². The van der Waals surface area contributed by atoms with E-state index in [0.717, 1.165) is 6.07 Å². The van der Waals surface area contributed by atoms with E-state index in [2.05, 4.69) is 16.3 Å². The summed E-state index contributed by atoms with van der Waals surface area (Å²) in [4.78, 5) is 3.84. The summed E-state index contributed by atoms with van der Waals surface area (Å²) in [6, 6.07) is 4.33. The van der Waals surface area contributed by atoms with Gasteiger partial charge in [-0.1, -0.05) is 0 Å². The maximum atomic E-state index is 12.3. The van der Waals surface area contributed by atoms with Crippen molar-refractivity contribution in [3.05, 3.63) is 17.8 Å². The third-order valence-corrected chi connectivity index (χ3v) is 2.93. The zero-order valence-corrected chi connectivity index (χ0v) is 10.1. The van der Waals surface area contributed by atoms with Crippen molar-refractivity contribution in [3.63, 3.8) is 0 Å². The Morgan fingerprint density at radius 3 is 2.32 bits per heavy atom. The first kappa shape index (κ1) is 13.5. The molecule has 8 heteroatoms. The van der Waals surface area contributed by atoms with Gasteiger partial charge >= 0.3 is 6.18 Å². The number of rotatable bonds is 2. The van der Waals surface area contributed by atoms with Gasteiger partial charge in [0, 0.05) is 26.2 Å². The van der Waals surface area contributed by atoms with Crippen molar-refractivity contribution in [2.75, 3.05) is 37.6 Å². The van der Waals surface area contributed by atoms with Gasteiger partial charge in [0.25, 0.3) is 0 Å². The van der Waals surface area contributed by atoms with E-state index in [1.165, 1.54) is 6.07 Å². The van der Waals surface area contributed by atoms with Gasteiger partial charge in [-0.05, 0) is 12.1 Å². The van der Waals surface area contributed by atoms with Crippen molar-refractivity contribution in [3.8, 4) is 6.07 Å². The lowest BCUT2D eigenvalue weighted by molar-refractivity contribution is -0.141. The Bertz CT molecular complexity index is 457. The zero-order chi connectivity index (χ0) is 13.9. The Morgan fingerprint density at radius 1 is 1.16 bits per heavy atom. The monoisotopic (exact) mass is 271 g/mol. The van der Waals surface area contributed by atoms with Crippen LogP contribution in [0, 0.1) is 11.3 Å². The van der Waals surface area contributed by atoms with E-state index in [1.807, 2.05) is 9.80 Å². The lowest BCUT2D eigenvalue weighted by Gasteiger charge is -2.33. The molecule has 1 fully saturated rings. The van der Waals surface area contributed by atoms with Crippen LogP contribution in [-0.4, -0.2) is 47.8 Å². The Hall–Kier alpha value is -1.88. The van der Waals surface area contributed by atoms with E-state index in [1.54, 1.807) is 0 Å². The number of nitrogens with zero attached hydrogens (tertiary/aromatic N) is 5. The molecule has 1 aliphatic heterocycles. The standard InChI is InChI=1S/C11H12F3N5/c12-11(13,14)9-1-2-10(17-16-9)19-7-5-18(4-3-15)6-8-19/h1-2H,4-8H2. The highest BCUT2D eigenvalue weighted by Gasteiger charge is 2.33. The van der Waals surface area contributed by atoms with Gasteiger partial charge in [-0.15, -0.1) is 10.2 Å². The van der Waals surface area contributed by atoms with E-state index in [0.29, 0.717) is 38.5 Å². The van der Waals surface area contributed by atoms with E-state index in [4.69, 9.17) is 5.26 Å². The van der Waals surface area contributed by atoms with Crippen LogP contribution in [0.15, 0.2) is 12.1 Å². The minimum atomic E-state index is -4.46. The predicted octanol–water partition coefficient (Wildman–Crippen LogP) is 1.14. The summed E-state index contributed by atoms with van der Waals surface area (Å²) in [5.41, 5.74) is -0.987. The van der Waals surface area contributed by atoms with Crippen LogP contribution in [0.5, 0.6) is 0 Å². The number of anilines is 1. The van der Waals surface area contributed by atoms with Crippen molar-refractivity contribution in [1.29, 1.82) is 5.26 Å². The highest BCUT2D eigenvalue weighted by Crippen LogP contribution is 2.27. The molecule has 0 aliphatic carbocycles. The summed E-state index contributed by atoms with van der Waals surface area (Å²) in [6.07, 6.45) is -4.46. The molecule has 0 bridgehead atoms. The number of alkyl halides is 3. The van der Waals surface area contributed by atoms with Gasteiger partial charge in [-0.25, -0.2) is 0 Å². The average Bonchev–Trinajstić information content (AvgIpc) is 2.39. The van der Waals surface area contributed by atoms with Crippen LogP contribution in [-0.2, 0) is 6.18 Å². The summed E-state index contributed by atoms with van der Waals surface area (Å²) >= 11 is 0. The molecular weight excluding hydrogens is 259 g/mol. The van der Waals surface area contributed by atoms with Gasteiger partial charge < -0.3 is 4.90 Å². The highest BCUT2D eigenvalue weighted by molar-refractivity contribution is 5.38. The van der Waals surface area contributed by atoms with Crippen molar-refractivity contribution in [2.24, 2.45) is 0 Å². The maximum Gasteiger partial charge on any atom is 0.435 e. The predicted molar refractivity (Wildman–Crippen MR) is 61.3 cm³/mol. The fraction of sp³-hybridized carbons (Fsp3) is 0.545. The van der Waals surface area contributed by atoms with E-state index >= 15 is 0 Å². The molecule has 1 aromatic rings. The number of halogens is 3. The van der Waals surface area contributed by atoms with Crippen molar-refractivity contribution in [2.45, 2.75) is 6.18 Å². The zero-order valence-electron chi connectivity index (χ0n) is 10.1. The second kappa shape index (κ2) is 5.40. The maximum absolute atomic E-state index is 12.3. The smallest absolute Gasteiger partial charge is 0.353 e. The van der Waals surface area contributed by atoms with E-state index < -0.39 is 11.9 Å². The molecule has 0 aromatic carbocycles. The largest absolute Gasteiger partial charge is 0.435 e. The quantitative estimate of drug-likeness (QED) is 0.755. The van der Waals surface area contributed by atoms with Crippen LogP contribution < -0.4 is 4.90 Å². The SMILES string of the molecule is N#CCN1CCN(c2ccc(C(F)(F)F)nn2)CC1. The average molecular weight is 271 g/mol. The third kappa shape index (κ3) is 3.32. The summed E-state index contributed by atoms with van der Waals surface area (Å²) in [5, 5.41) is 15.4. The molecule has 19 heavy (non-hydrogen) atoms. The first-order valence-electron chi connectivity index (χ1n) is 5.76. The van der Waals surface area contributed by atoms with Crippen molar-refractivity contribution >= 4 is 5.82 Å². The number of piperazine rings is 1. The van der Waals surface area contributed by atoms with Crippen LogP contribution >= 0.6 is 0 Å². The molecule has 2 heterocycles. The Morgan fingerprint density at radius 2 is 1.84 bits per heavy atom. The molecule has 1 aliphatic rings. The fourth-order valence-electron chi connectivity index (χ4n) is 1.88. The Labute approximate surface area is 108 Å². The summed E-state index contributed by atoms with van der Waals surface area (Å²) in [7, 11) is 0. The summed E-state index contributed by atoms with van der Waals surface area (Å²) in [6.45, 7) is 3.00. The topological polar surface area (TPSA) is 56.1 Å². The molecular formula is C11H12F3N5. The fourth-order valence-corrected chi connectivity index (χ4v) is 1.88. The minimum absolute atomic E-state index is 0.368. The van der Waals surface area contributed by atoms with Gasteiger partial charge in [0.15, 0.2) is 11.5 Å². The van der Waals surface area contributed by atoms with Crippen molar-refractivity contribution < 1.29 is 13.2 Å². The normalized spacial score (nSPS) is 17.3. The first-order chi connectivity index (χ1) is 9.00. The van der Waals surface area contributed by atoms with E-state index in [9.17, 15) is 13.2 Å². The lowest BCUT2D eigenvalue weighted by atomic mass is 10.3. The number of aromatic nitrogens is 2. The van der Waals surface area contributed by atoms with Crippen LogP contribution in [0.2, 0.25) is 0 Å². The minimum Gasteiger partial charge on any atom is -0.353 e. The van der Waals surface area contributed by atoms with Gasteiger partial charge in [-0.3, -0.25) is 4.90 Å². The van der Waals surface area contributed by atoms with E-state index in [-0.39, 0.29) is 0 Å². The molecule has 0 saturated carbocycles. The van der Waals surface area contributed by atoms with Crippen LogP contribution in [0.25, 0.3) is 0 Å². The first-order valence-corrected chi connectivity index (χ1v) is 5.76. The third-order valence-electron chi connectivity index (χ3n) is 2.93. The highest BCUT2D eigenvalue weighted by atomic mass is 19.4. The molecule has 1 aromatic heterocycles. The molecule has 5 nitrogen and oxygen atoms in total. The molecule has 0 N–H and O–H groups in total. The van der Waals surface area contributed by atoms with Crippen LogP contribution in [0.1, 0.15) is 5.69 Å². The molecule has 2 rings (SSSR count). The molecule has 0 radical (unpaired) electrons. The van der Waals surface area contributed by atoms with Crippen LogP contribution in [0.3, 0.4) is 0 Å². The Kier molecular flexibility index (Phi) is 3.85. The number of nitriles is 1. The summed E-state index contributed by atoms with van der Waals surface area (Å²) < 4.78 is 37.0. The number of hydrogen-bond acceptors (Lipinski definition) is 5. The number of hydrogen-bond donors (Lipinski definition) is 0. The molecule has 102 valence electrons. The molecule has 0 amide bonds. The summed E-state index contributed by atoms with van der Waals surface area (Å²) in [5.74, 6) is 0.435. The van der Waals surface area contributed by atoms with Gasteiger partial charge in [-0.2, -0.15) is 18.4 Å². The second-order valence-electron chi connectivity index (χ2n) is 4.20. The molecule has 0 spiro atoms. The van der Waals surface area contributed by atoms with Gasteiger partial charge in [0.2, 0.25) is 0 Å². The lowest BCUT2D eigenvalue weighted by Crippen LogP contribution is -2.46. The Balaban J connectivity index is 1.99. The molecule has 0 atom stereocenters. The molecule has 1 saturated heterocycles. The molecule has 0 unspecified atom stereocenters. The van der Waals surface area contributed by atoms with Crippen LogP contribution in [0.4, 0.5) is 19.0 Å². The second-order valence-corrected chi connectivity index (χ2v) is 4.20.